The van der Waals surface area contributed by atoms with E-state index in [4.69, 9.17) is 0 Å². The molecule has 0 aromatic heterocycles. The van der Waals surface area contributed by atoms with Crippen molar-refractivity contribution in [1.29, 1.82) is 0 Å². The summed E-state index contributed by atoms with van der Waals surface area (Å²) in [6.07, 6.45) is -30.3. The Labute approximate surface area is 160 Å². The van der Waals surface area contributed by atoms with Crippen LogP contribution >= 0.6 is 0 Å². The van der Waals surface area contributed by atoms with Crippen LogP contribution in [0.15, 0.2) is 23.1 Å². The second kappa shape index (κ2) is 6.80. The molecule has 20 heteroatoms. The van der Waals surface area contributed by atoms with Crippen LogP contribution in [0.3, 0.4) is 0 Å². The lowest BCUT2D eigenvalue weighted by atomic mass is 9.65. The van der Waals surface area contributed by atoms with Gasteiger partial charge in [-0.3, -0.25) is 0 Å². The van der Waals surface area contributed by atoms with Crippen molar-refractivity contribution in [1.82, 2.24) is 0 Å². The number of alkyl halides is 17. The minimum Gasteiger partial charge on any atom is -0.205 e. The summed E-state index contributed by atoms with van der Waals surface area (Å²) in [4.78, 5) is 0. The Morgan fingerprint density at radius 3 is 1.16 bits per heavy atom. The van der Waals surface area contributed by atoms with Gasteiger partial charge in [-0.05, 0) is 0 Å². The van der Waals surface area contributed by atoms with Gasteiger partial charge in [0.05, 0.1) is 0 Å². The van der Waals surface area contributed by atoms with Gasteiger partial charge in [0.15, 0.2) is 5.83 Å². The van der Waals surface area contributed by atoms with Gasteiger partial charge in [-0.1, -0.05) is 0 Å². The number of allylic oxidation sites excluding steroid dienone is 3. The minimum absolute atomic E-state index is 5.02. The summed E-state index contributed by atoms with van der Waals surface area (Å²) in [7, 11) is 0. The highest BCUT2D eigenvalue weighted by Crippen LogP contribution is 2.72. The lowest BCUT2D eigenvalue weighted by Gasteiger charge is -2.48. The summed E-state index contributed by atoms with van der Waals surface area (Å²) in [5, 5.41) is 0. The van der Waals surface area contributed by atoms with Crippen molar-refractivity contribution >= 4 is 0 Å². The van der Waals surface area contributed by atoms with E-state index >= 15 is 0 Å². The van der Waals surface area contributed by atoms with Gasteiger partial charge < -0.3 is 0 Å². The summed E-state index contributed by atoms with van der Waals surface area (Å²) < 4.78 is 263. The van der Waals surface area contributed by atoms with Gasteiger partial charge in [0.1, 0.15) is 5.57 Å². The Kier molecular flexibility index (Phi) is 5.97. The van der Waals surface area contributed by atoms with E-state index in [1.54, 1.807) is 0 Å². The molecule has 1 aliphatic rings. The van der Waals surface area contributed by atoms with Crippen LogP contribution in [0, 0.1) is 5.41 Å². The van der Waals surface area contributed by atoms with E-state index in [0.29, 0.717) is 0 Å². The first kappa shape index (κ1) is 28.1. The van der Waals surface area contributed by atoms with E-state index in [0.717, 1.165) is 0 Å². The predicted molar refractivity (Wildman–Crippen MR) is 57.8 cm³/mol. The molecule has 0 unspecified atom stereocenters. The normalized spacial score (nSPS) is 22.3. The second-order valence-corrected chi connectivity index (χ2v) is 5.87. The fourth-order valence-corrected chi connectivity index (χ4v) is 2.65. The molecule has 0 nitrogen and oxygen atoms in total. The molecule has 0 atom stereocenters. The molecule has 0 bridgehead atoms. The molecule has 0 saturated heterocycles. The summed E-state index contributed by atoms with van der Waals surface area (Å²) in [6, 6.07) is 0. The van der Waals surface area contributed by atoms with Crippen LogP contribution in [0.4, 0.5) is 87.8 Å². The van der Waals surface area contributed by atoms with Crippen LogP contribution in [-0.2, 0) is 0 Å². The number of hydrogen-bond acceptors (Lipinski definition) is 0. The van der Waals surface area contributed by atoms with Crippen LogP contribution in [0.5, 0.6) is 0 Å². The summed E-state index contributed by atoms with van der Waals surface area (Å²) in [5.41, 5.74) is -19.2. The van der Waals surface area contributed by atoms with Gasteiger partial charge in [-0.2, -0.15) is 83.4 Å². The molecule has 1 rings (SSSR count). The maximum absolute atomic E-state index is 13.8. The minimum atomic E-state index is -8.69. The van der Waals surface area contributed by atoms with Gasteiger partial charge in [0.2, 0.25) is 0 Å². The molecule has 0 amide bonds. The first-order chi connectivity index (χ1) is 13.6. The first-order valence-corrected chi connectivity index (χ1v) is 6.78. The maximum atomic E-state index is 13.8. The van der Waals surface area contributed by atoms with Gasteiger partial charge in [0, 0.05) is 5.57 Å². The molecular formula is C12F20. The second-order valence-electron chi connectivity index (χ2n) is 5.87. The Morgan fingerprint density at radius 2 is 0.906 bits per heavy atom. The predicted octanol–water partition coefficient (Wildman–Crippen LogP) is 7.59. The fourth-order valence-electron chi connectivity index (χ4n) is 2.65. The molecule has 32 heavy (non-hydrogen) atoms. The van der Waals surface area contributed by atoms with Gasteiger partial charge in [0.25, 0.3) is 11.5 Å². The van der Waals surface area contributed by atoms with Crippen LogP contribution in [0.25, 0.3) is 0 Å². The molecule has 0 N–H and O–H groups in total. The van der Waals surface area contributed by atoms with E-state index in [9.17, 15) is 87.8 Å². The molecule has 0 spiro atoms. The van der Waals surface area contributed by atoms with E-state index in [2.05, 4.69) is 0 Å². The third kappa shape index (κ3) is 3.06. The number of rotatable bonds is 2. The Hall–Kier alpha value is -1.92. The molecular weight excluding hydrogens is 524 g/mol. The van der Waals surface area contributed by atoms with Crippen molar-refractivity contribution in [2.75, 3.05) is 0 Å². The molecule has 188 valence electrons. The van der Waals surface area contributed by atoms with Gasteiger partial charge in [-0.15, -0.1) is 0 Å². The first-order valence-electron chi connectivity index (χ1n) is 6.78. The largest absolute Gasteiger partial charge is 0.455 e. The number of halogens is 20. The van der Waals surface area contributed by atoms with Crippen molar-refractivity contribution in [3.8, 4) is 0 Å². The maximum Gasteiger partial charge on any atom is 0.455 e. The van der Waals surface area contributed by atoms with Crippen LogP contribution < -0.4 is 0 Å². The van der Waals surface area contributed by atoms with Crippen LogP contribution in [0.2, 0.25) is 0 Å². The SMILES string of the molecule is FC(F)=C1C(C(C(F)(F)F)(C(F)(F)F)C(F)(F)C(F)(F)F)=C(F)C(F)(F)C(F)(F)C1(F)F. The Balaban J connectivity index is 4.70. The smallest absolute Gasteiger partial charge is 0.205 e. The van der Waals surface area contributed by atoms with Gasteiger partial charge >= 0.3 is 42.2 Å². The van der Waals surface area contributed by atoms with E-state index < -0.39 is 70.7 Å². The third-order valence-electron chi connectivity index (χ3n) is 4.09. The molecule has 0 fully saturated rings. The molecule has 1 aliphatic carbocycles. The molecule has 0 aromatic rings. The number of hydrogen-bond donors (Lipinski definition) is 0. The van der Waals surface area contributed by atoms with Crippen molar-refractivity contribution in [3.63, 3.8) is 0 Å². The highest BCUT2D eigenvalue weighted by atomic mass is 19.4. The standard InChI is InChI=1S/C12F20/c13-3-1(2(4(14)15)6(16,17)9(22,23)7(3,18)19)5(10(24,25)26,11(27,28)29)8(20,21)12(30,31)32. The highest BCUT2D eigenvalue weighted by Gasteiger charge is 2.94. The Morgan fingerprint density at radius 1 is 0.562 bits per heavy atom. The zero-order valence-electron chi connectivity index (χ0n) is 13.6. The lowest BCUT2D eigenvalue weighted by molar-refractivity contribution is -0.436. The van der Waals surface area contributed by atoms with E-state index in [1.165, 1.54) is 0 Å². The summed E-state index contributed by atoms with van der Waals surface area (Å²) in [5.74, 6) is -37.1. The Bertz CT molecular complexity index is 808. The highest BCUT2D eigenvalue weighted by molar-refractivity contribution is 5.54. The quantitative estimate of drug-likeness (QED) is 0.327. The fraction of sp³-hybridized carbons (Fsp3) is 0.667. The van der Waals surface area contributed by atoms with Crippen molar-refractivity contribution < 1.29 is 87.8 Å². The molecule has 0 aliphatic heterocycles. The molecule has 0 saturated carbocycles. The van der Waals surface area contributed by atoms with Crippen molar-refractivity contribution in [2.45, 2.75) is 42.2 Å². The molecule has 0 radical (unpaired) electrons. The monoisotopic (exact) mass is 524 g/mol. The molecule has 0 aromatic carbocycles. The van der Waals surface area contributed by atoms with Crippen molar-refractivity contribution in [3.05, 3.63) is 23.1 Å². The van der Waals surface area contributed by atoms with E-state index in [1.807, 2.05) is 0 Å². The lowest BCUT2D eigenvalue weighted by Crippen LogP contribution is -2.70. The third-order valence-corrected chi connectivity index (χ3v) is 4.09. The van der Waals surface area contributed by atoms with Gasteiger partial charge in [-0.25, -0.2) is 4.39 Å². The average Bonchev–Trinajstić information content (AvgIpc) is 2.47. The summed E-state index contributed by atoms with van der Waals surface area (Å²) in [6.45, 7) is 0. The van der Waals surface area contributed by atoms with Crippen LogP contribution in [-0.4, -0.2) is 42.2 Å². The zero-order valence-corrected chi connectivity index (χ0v) is 13.6. The topological polar surface area (TPSA) is 0 Å². The van der Waals surface area contributed by atoms with Crippen molar-refractivity contribution in [2.24, 2.45) is 5.41 Å². The average molecular weight is 524 g/mol. The summed E-state index contributed by atoms with van der Waals surface area (Å²) >= 11 is 0. The van der Waals surface area contributed by atoms with E-state index in [-0.39, 0.29) is 0 Å². The van der Waals surface area contributed by atoms with Crippen LogP contribution in [0.1, 0.15) is 0 Å². The zero-order chi connectivity index (χ0) is 26.3. The molecule has 0 heterocycles.